The highest BCUT2D eigenvalue weighted by Crippen LogP contribution is 2.45. The highest BCUT2D eigenvalue weighted by Gasteiger charge is 2.53. The second kappa shape index (κ2) is 11.3. The van der Waals surface area contributed by atoms with E-state index in [-0.39, 0.29) is 35.3 Å². The number of nitrogens with zero attached hydrogens (tertiary/aromatic N) is 2. The number of guanidine groups is 1. The summed E-state index contributed by atoms with van der Waals surface area (Å²) in [6.45, 7) is 16.7. The molecule has 1 heterocycles. The van der Waals surface area contributed by atoms with Crippen LogP contribution in [0, 0.1) is 12.3 Å². The molecule has 1 aliphatic heterocycles. The zero-order chi connectivity index (χ0) is 31.2. The standard InChI is InChI=1S/C30H42ClF2N3O4Si/c1-11-19-13-12-14-21(24(19)31)29(8)18-23(37)36(25(35-29)34-26(38)39-27(2,3)4)20-15-16-30(32,33)22(17-20)40-41(9,10)28(5,6)7/h1,12-14,20,22H,15-18H2,2-10H3,(H,34,35,38)/t20-,22-,29-/m0/s1. The normalized spacial score (nSPS) is 25.3. The molecule has 0 saturated heterocycles. The maximum Gasteiger partial charge on any atom is 0.414 e. The predicted octanol–water partition coefficient (Wildman–Crippen LogP) is 7.23. The molecule has 1 aromatic rings. The third-order valence-corrected chi connectivity index (χ3v) is 13.0. The van der Waals surface area contributed by atoms with Gasteiger partial charge in [-0.15, -0.1) is 6.42 Å². The number of amides is 2. The van der Waals surface area contributed by atoms with Crippen molar-refractivity contribution in [3.8, 4) is 12.3 Å². The van der Waals surface area contributed by atoms with Crippen LogP contribution in [-0.4, -0.2) is 54.8 Å². The molecule has 1 aliphatic carbocycles. The van der Waals surface area contributed by atoms with Crippen LogP contribution in [0.25, 0.3) is 0 Å². The molecule has 1 aromatic carbocycles. The molecule has 7 nitrogen and oxygen atoms in total. The van der Waals surface area contributed by atoms with E-state index < -0.39 is 55.9 Å². The van der Waals surface area contributed by atoms with Gasteiger partial charge in [-0.25, -0.2) is 18.6 Å². The van der Waals surface area contributed by atoms with Crippen LogP contribution >= 0.6 is 11.6 Å². The van der Waals surface area contributed by atoms with Gasteiger partial charge in [0, 0.05) is 18.0 Å². The monoisotopic (exact) mass is 609 g/mol. The van der Waals surface area contributed by atoms with Crippen molar-refractivity contribution in [2.75, 3.05) is 0 Å². The number of ether oxygens (including phenoxy) is 1. The Hall–Kier alpha value is -2.48. The molecule has 0 unspecified atom stereocenters. The highest BCUT2D eigenvalue weighted by atomic mass is 35.5. The average Bonchev–Trinajstić information content (AvgIpc) is 2.78. The van der Waals surface area contributed by atoms with Crippen molar-refractivity contribution in [2.24, 2.45) is 4.99 Å². The predicted molar refractivity (Wildman–Crippen MR) is 160 cm³/mol. The molecule has 0 spiro atoms. The highest BCUT2D eigenvalue weighted by molar-refractivity contribution is 6.74. The molecule has 0 radical (unpaired) electrons. The summed E-state index contributed by atoms with van der Waals surface area (Å²) in [6.07, 6.45) is 2.73. The van der Waals surface area contributed by atoms with Gasteiger partial charge in [-0.2, -0.15) is 0 Å². The van der Waals surface area contributed by atoms with Crippen LogP contribution < -0.4 is 5.32 Å². The van der Waals surface area contributed by atoms with Crippen molar-refractivity contribution >= 4 is 37.9 Å². The van der Waals surface area contributed by atoms with Crippen LogP contribution in [-0.2, 0) is 19.5 Å². The van der Waals surface area contributed by atoms with Crippen LogP contribution in [0.15, 0.2) is 23.2 Å². The van der Waals surface area contributed by atoms with E-state index in [1.165, 1.54) is 4.90 Å². The van der Waals surface area contributed by atoms with Crippen LogP contribution in [0.1, 0.15) is 85.3 Å². The molecule has 2 amide bonds. The van der Waals surface area contributed by atoms with Gasteiger partial charge in [0.1, 0.15) is 11.7 Å². The molecule has 1 saturated carbocycles. The first-order chi connectivity index (χ1) is 18.6. The Balaban J connectivity index is 2.06. The summed E-state index contributed by atoms with van der Waals surface area (Å²) in [5.41, 5.74) is -1.05. The van der Waals surface area contributed by atoms with Gasteiger partial charge in [0.05, 0.1) is 17.0 Å². The number of alkyl halides is 2. The molecule has 11 heteroatoms. The van der Waals surface area contributed by atoms with Gasteiger partial charge in [-0.05, 0) is 70.3 Å². The maximum atomic E-state index is 15.2. The summed E-state index contributed by atoms with van der Waals surface area (Å²) in [4.78, 5) is 32.9. The first-order valence-corrected chi connectivity index (χ1v) is 17.1. The summed E-state index contributed by atoms with van der Waals surface area (Å²) in [5.74, 6) is -1.00. The number of nitrogens with one attached hydrogen (secondary N) is 1. The number of terminal acetylenes is 1. The third kappa shape index (κ3) is 7.30. The van der Waals surface area contributed by atoms with Gasteiger partial charge < -0.3 is 9.16 Å². The largest absolute Gasteiger partial charge is 0.444 e. The van der Waals surface area contributed by atoms with Crippen molar-refractivity contribution in [1.29, 1.82) is 0 Å². The van der Waals surface area contributed by atoms with Crippen LogP contribution in [0.5, 0.6) is 0 Å². The first-order valence-electron chi connectivity index (χ1n) is 13.8. The first kappa shape index (κ1) is 33.0. The minimum absolute atomic E-state index is 0.00910. The fraction of sp³-hybridized carbons (Fsp3) is 0.633. The van der Waals surface area contributed by atoms with Crippen molar-refractivity contribution in [3.63, 3.8) is 0 Å². The Morgan fingerprint density at radius 1 is 1.24 bits per heavy atom. The van der Waals surface area contributed by atoms with E-state index >= 15 is 8.78 Å². The number of hydrogen-bond acceptors (Lipinski definition) is 5. The molecule has 3 atom stereocenters. The molecular weight excluding hydrogens is 568 g/mol. The maximum absolute atomic E-state index is 15.2. The number of hydrogen-bond donors (Lipinski definition) is 1. The lowest BCUT2D eigenvalue weighted by Gasteiger charge is -2.47. The Bertz CT molecular complexity index is 1270. The van der Waals surface area contributed by atoms with E-state index in [2.05, 4.69) is 11.2 Å². The molecular formula is C30H42ClF2N3O4Si. The topological polar surface area (TPSA) is 80.2 Å². The molecule has 0 bridgehead atoms. The van der Waals surface area contributed by atoms with E-state index in [9.17, 15) is 9.59 Å². The van der Waals surface area contributed by atoms with Crippen LogP contribution in [0.2, 0.25) is 23.2 Å². The van der Waals surface area contributed by atoms with Gasteiger partial charge in [-0.1, -0.05) is 50.4 Å². The number of carbonyl (C=O) groups excluding carboxylic acids is 2. The van der Waals surface area contributed by atoms with E-state index in [1.54, 1.807) is 45.9 Å². The Labute approximate surface area is 248 Å². The molecule has 3 rings (SSSR count). The van der Waals surface area contributed by atoms with Gasteiger partial charge >= 0.3 is 6.09 Å². The van der Waals surface area contributed by atoms with Gasteiger partial charge in [0.25, 0.3) is 5.92 Å². The molecule has 2 aliphatic rings. The third-order valence-electron chi connectivity index (χ3n) is 8.07. The summed E-state index contributed by atoms with van der Waals surface area (Å²) < 4.78 is 42.1. The van der Waals surface area contributed by atoms with Gasteiger partial charge in [0.2, 0.25) is 11.9 Å². The van der Waals surface area contributed by atoms with Gasteiger partial charge in [0.15, 0.2) is 8.32 Å². The number of halogens is 3. The number of rotatable bonds is 4. The van der Waals surface area contributed by atoms with E-state index in [0.717, 1.165) is 0 Å². The van der Waals surface area contributed by atoms with Crippen LogP contribution in [0.3, 0.4) is 0 Å². The molecule has 1 fully saturated rings. The second-order valence-electron chi connectivity index (χ2n) is 13.6. The van der Waals surface area contributed by atoms with Gasteiger partial charge in [-0.3, -0.25) is 15.0 Å². The second-order valence-corrected chi connectivity index (χ2v) is 18.8. The zero-order valence-corrected chi connectivity index (χ0v) is 27.2. The number of aliphatic imine (C=N–C) groups is 1. The molecule has 41 heavy (non-hydrogen) atoms. The summed E-state index contributed by atoms with van der Waals surface area (Å²) in [5, 5.41) is 2.62. The lowest BCUT2D eigenvalue weighted by atomic mass is 9.84. The summed E-state index contributed by atoms with van der Waals surface area (Å²) >= 11 is 6.61. The minimum Gasteiger partial charge on any atom is -0.444 e. The van der Waals surface area contributed by atoms with E-state index in [1.807, 2.05) is 33.9 Å². The zero-order valence-electron chi connectivity index (χ0n) is 25.5. The Morgan fingerprint density at radius 2 is 1.88 bits per heavy atom. The fourth-order valence-corrected chi connectivity index (χ4v) is 6.58. The summed E-state index contributed by atoms with van der Waals surface area (Å²) in [7, 11) is -2.56. The van der Waals surface area contributed by atoms with Crippen LogP contribution in [0.4, 0.5) is 13.6 Å². The van der Waals surface area contributed by atoms with Crippen molar-refractivity contribution in [1.82, 2.24) is 10.2 Å². The van der Waals surface area contributed by atoms with E-state index in [0.29, 0.717) is 11.1 Å². The minimum atomic E-state index is -3.06. The molecule has 0 aromatic heterocycles. The fourth-order valence-electron chi connectivity index (χ4n) is 4.86. The molecule has 1 N–H and O–H groups in total. The summed E-state index contributed by atoms with van der Waals surface area (Å²) in [6, 6.07) is 4.45. The van der Waals surface area contributed by atoms with Crippen molar-refractivity contribution in [3.05, 3.63) is 34.3 Å². The average molecular weight is 610 g/mol. The van der Waals surface area contributed by atoms with Crippen molar-refractivity contribution in [2.45, 2.75) is 121 Å². The lowest BCUT2D eigenvalue weighted by Crippen LogP contribution is -2.61. The number of alkyl carbamates (subject to hydrolysis) is 1. The van der Waals surface area contributed by atoms with Crippen molar-refractivity contribution < 1.29 is 27.5 Å². The lowest BCUT2D eigenvalue weighted by molar-refractivity contribution is -0.147. The number of benzene rings is 1. The Kier molecular flexibility index (Phi) is 9.11. The van der Waals surface area contributed by atoms with E-state index in [4.69, 9.17) is 32.2 Å². The smallest absolute Gasteiger partial charge is 0.414 e. The SMILES string of the molecule is C#Cc1cccc([C@]2(C)CC(=O)N([C@H]3CCC(F)(F)[C@@H](O[Si](C)(C)C(C)(C)C)C3)C(NC(=O)OC(C)(C)C)=N2)c1Cl. The number of carbonyl (C=O) groups is 2. The Morgan fingerprint density at radius 3 is 2.44 bits per heavy atom. The quantitative estimate of drug-likeness (QED) is 0.288. The molecule has 226 valence electrons.